The molecule has 140 valence electrons. The van der Waals surface area contributed by atoms with Crippen molar-refractivity contribution in [1.29, 1.82) is 0 Å². The summed E-state index contributed by atoms with van der Waals surface area (Å²) in [6, 6.07) is 15.5. The number of carboxylic acid groups (broad SMARTS) is 1. The van der Waals surface area contributed by atoms with Crippen molar-refractivity contribution in [2.24, 2.45) is 0 Å². The Morgan fingerprint density at radius 3 is 2.56 bits per heavy atom. The van der Waals surface area contributed by atoms with E-state index in [1.54, 1.807) is 42.5 Å². The molecule has 7 heteroatoms. The van der Waals surface area contributed by atoms with Crippen LogP contribution in [-0.2, 0) is 14.4 Å². The molecule has 2 aromatic carbocycles. The van der Waals surface area contributed by atoms with Crippen LogP contribution in [0.4, 0.5) is 5.69 Å². The fourth-order valence-corrected chi connectivity index (χ4v) is 2.99. The Morgan fingerprint density at radius 1 is 1.11 bits per heavy atom. The minimum absolute atomic E-state index is 0.0586. The average molecular weight is 368 g/mol. The summed E-state index contributed by atoms with van der Waals surface area (Å²) in [7, 11) is 0. The van der Waals surface area contributed by atoms with Crippen LogP contribution in [0.5, 0.6) is 5.75 Å². The first-order chi connectivity index (χ1) is 13.0. The number of fused-ring (bicyclic) bond motifs is 1. The van der Waals surface area contributed by atoms with E-state index in [1.807, 2.05) is 12.1 Å². The number of anilines is 1. The van der Waals surface area contributed by atoms with Gasteiger partial charge in [-0.25, -0.2) is 0 Å². The molecular weight excluding hydrogens is 348 g/mol. The number of ether oxygens (including phenoxy) is 1. The molecule has 2 N–H and O–H groups in total. The topological polar surface area (TPSA) is 95.9 Å². The van der Waals surface area contributed by atoms with Crippen LogP contribution >= 0.6 is 0 Å². The van der Waals surface area contributed by atoms with Crippen LogP contribution in [0.1, 0.15) is 24.4 Å². The molecule has 3 rings (SSSR count). The largest absolute Gasteiger partial charge is 0.482 e. The summed E-state index contributed by atoms with van der Waals surface area (Å²) in [5.41, 5.74) is 1.35. The normalized spacial score (nSPS) is 14.1. The first-order valence-electron chi connectivity index (χ1n) is 8.63. The van der Waals surface area contributed by atoms with Gasteiger partial charge in [-0.1, -0.05) is 42.5 Å². The first kappa shape index (κ1) is 18.4. The van der Waals surface area contributed by atoms with Crippen molar-refractivity contribution in [3.63, 3.8) is 0 Å². The molecule has 0 aliphatic carbocycles. The number of carbonyl (C=O) groups is 3. The zero-order valence-electron chi connectivity index (χ0n) is 14.6. The third-order valence-corrected chi connectivity index (χ3v) is 4.29. The molecule has 1 heterocycles. The molecule has 2 aromatic rings. The second-order valence-electron chi connectivity index (χ2n) is 6.18. The van der Waals surface area contributed by atoms with Gasteiger partial charge in [-0.15, -0.1) is 0 Å². The van der Waals surface area contributed by atoms with Gasteiger partial charge in [0, 0.05) is 13.0 Å². The van der Waals surface area contributed by atoms with Crippen LogP contribution in [0, 0.1) is 0 Å². The Hall–Kier alpha value is -3.35. The van der Waals surface area contributed by atoms with Gasteiger partial charge in [0.15, 0.2) is 6.61 Å². The van der Waals surface area contributed by atoms with Crippen LogP contribution in [-0.4, -0.2) is 36.0 Å². The van der Waals surface area contributed by atoms with Crippen molar-refractivity contribution in [2.75, 3.05) is 18.1 Å². The molecule has 1 aliphatic rings. The molecule has 0 bridgehead atoms. The fourth-order valence-electron chi connectivity index (χ4n) is 2.99. The van der Waals surface area contributed by atoms with E-state index in [9.17, 15) is 14.4 Å². The Kier molecular flexibility index (Phi) is 5.71. The summed E-state index contributed by atoms with van der Waals surface area (Å²) < 4.78 is 5.38. The Labute approximate surface area is 156 Å². The molecule has 1 aliphatic heterocycles. The van der Waals surface area contributed by atoms with E-state index in [0.717, 1.165) is 5.56 Å². The number of benzene rings is 2. The summed E-state index contributed by atoms with van der Waals surface area (Å²) in [5, 5.41) is 11.9. The highest BCUT2D eigenvalue weighted by Crippen LogP contribution is 2.31. The maximum absolute atomic E-state index is 12.4. The van der Waals surface area contributed by atoms with E-state index >= 15 is 0 Å². The minimum atomic E-state index is -0.999. The van der Waals surface area contributed by atoms with Gasteiger partial charge in [0.25, 0.3) is 5.91 Å². The lowest BCUT2D eigenvalue weighted by atomic mass is 10.0. The second kappa shape index (κ2) is 8.35. The number of para-hydroxylation sites is 2. The SMILES string of the molecule is O=C(O)C[C@H](NC(=O)CCN1C(=O)COc2ccccc21)c1ccccc1. The molecule has 0 spiro atoms. The maximum Gasteiger partial charge on any atom is 0.305 e. The molecule has 7 nitrogen and oxygen atoms in total. The van der Waals surface area contributed by atoms with Crippen LogP contribution in [0.2, 0.25) is 0 Å². The Morgan fingerprint density at radius 2 is 1.81 bits per heavy atom. The Balaban J connectivity index is 1.65. The number of hydrogen-bond donors (Lipinski definition) is 2. The highest BCUT2D eigenvalue weighted by molar-refractivity contribution is 5.98. The summed E-state index contributed by atoms with van der Waals surface area (Å²) in [6.07, 6.45) is -0.155. The summed E-state index contributed by atoms with van der Waals surface area (Å²) >= 11 is 0. The molecule has 0 fully saturated rings. The van der Waals surface area contributed by atoms with Gasteiger partial charge < -0.3 is 20.1 Å². The summed E-state index contributed by atoms with van der Waals surface area (Å²) in [6.45, 7) is 0.129. The van der Waals surface area contributed by atoms with Gasteiger partial charge in [-0.05, 0) is 17.7 Å². The molecule has 0 aromatic heterocycles. The number of rotatable bonds is 7. The lowest BCUT2D eigenvalue weighted by Crippen LogP contribution is -2.41. The van der Waals surface area contributed by atoms with Gasteiger partial charge in [-0.3, -0.25) is 14.4 Å². The molecule has 0 unspecified atom stereocenters. The number of amides is 2. The second-order valence-corrected chi connectivity index (χ2v) is 6.18. The third kappa shape index (κ3) is 4.63. The van der Waals surface area contributed by atoms with Crippen molar-refractivity contribution in [2.45, 2.75) is 18.9 Å². The highest BCUT2D eigenvalue weighted by Gasteiger charge is 2.26. The smallest absolute Gasteiger partial charge is 0.305 e. The van der Waals surface area contributed by atoms with E-state index in [1.165, 1.54) is 4.90 Å². The van der Waals surface area contributed by atoms with Crippen LogP contribution in [0.25, 0.3) is 0 Å². The Bertz CT molecular complexity index is 837. The third-order valence-electron chi connectivity index (χ3n) is 4.29. The standard InChI is InChI=1S/C20H20N2O5/c23-18(21-15(12-20(25)26)14-6-2-1-3-7-14)10-11-22-16-8-4-5-9-17(16)27-13-19(22)24/h1-9,15H,10-13H2,(H,21,23)(H,25,26)/t15-/m0/s1. The molecule has 27 heavy (non-hydrogen) atoms. The van der Waals surface area contributed by atoms with E-state index < -0.39 is 12.0 Å². The lowest BCUT2D eigenvalue weighted by Gasteiger charge is -2.29. The highest BCUT2D eigenvalue weighted by atomic mass is 16.5. The lowest BCUT2D eigenvalue weighted by molar-refractivity contribution is -0.137. The molecule has 0 saturated carbocycles. The first-order valence-corrected chi connectivity index (χ1v) is 8.63. The number of nitrogens with one attached hydrogen (secondary N) is 1. The number of carbonyl (C=O) groups excluding carboxylic acids is 2. The summed E-state index contributed by atoms with van der Waals surface area (Å²) in [5.74, 6) is -0.930. The number of aliphatic carboxylic acids is 1. The zero-order chi connectivity index (χ0) is 19.2. The van der Waals surface area contributed by atoms with Crippen LogP contribution in [0.15, 0.2) is 54.6 Å². The van der Waals surface area contributed by atoms with Crippen LogP contribution in [0.3, 0.4) is 0 Å². The number of hydrogen-bond acceptors (Lipinski definition) is 4. The molecular formula is C20H20N2O5. The fraction of sp³-hybridized carbons (Fsp3) is 0.250. The van der Waals surface area contributed by atoms with E-state index in [-0.39, 0.29) is 37.8 Å². The number of carboxylic acids is 1. The molecule has 0 radical (unpaired) electrons. The van der Waals surface area contributed by atoms with E-state index in [2.05, 4.69) is 5.32 Å². The van der Waals surface area contributed by atoms with Crippen molar-refractivity contribution in [1.82, 2.24) is 5.32 Å². The zero-order valence-corrected chi connectivity index (χ0v) is 14.6. The van der Waals surface area contributed by atoms with Gasteiger partial charge in [-0.2, -0.15) is 0 Å². The van der Waals surface area contributed by atoms with Crippen molar-refractivity contribution in [3.8, 4) is 5.75 Å². The van der Waals surface area contributed by atoms with Gasteiger partial charge >= 0.3 is 5.97 Å². The number of nitrogens with zero attached hydrogens (tertiary/aromatic N) is 1. The van der Waals surface area contributed by atoms with Gasteiger partial charge in [0.05, 0.1) is 18.2 Å². The van der Waals surface area contributed by atoms with Gasteiger partial charge in [0.2, 0.25) is 5.91 Å². The summed E-state index contributed by atoms with van der Waals surface area (Å²) in [4.78, 5) is 37.2. The van der Waals surface area contributed by atoms with Crippen molar-refractivity contribution < 1.29 is 24.2 Å². The average Bonchev–Trinajstić information content (AvgIpc) is 2.67. The van der Waals surface area contributed by atoms with Crippen molar-refractivity contribution in [3.05, 3.63) is 60.2 Å². The van der Waals surface area contributed by atoms with Crippen LogP contribution < -0.4 is 15.0 Å². The molecule has 2 amide bonds. The van der Waals surface area contributed by atoms with Crippen molar-refractivity contribution >= 4 is 23.5 Å². The minimum Gasteiger partial charge on any atom is -0.482 e. The predicted octanol–water partition coefficient (Wildman–Crippen LogP) is 2.13. The molecule has 0 saturated heterocycles. The van der Waals surface area contributed by atoms with E-state index in [0.29, 0.717) is 11.4 Å². The maximum atomic E-state index is 12.4. The molecule has 1 atom stereocenters. The quantitative estimate of drug-likeness (QED) is 0.781. The van der Waals surface area contributed by atoms with E-state index in [4.69, 9.17) is 9.84 Å². The predicted molar refractivity (Wildman–Crippen MR) is 98.5 cm³/mol. The monoisotopic (exact) mass is 368 g/mol. The van der Waals surface area contributed by atoms with Gasteiger partial charge in [0.1, 0.15) is 5.75 Å².